The van der Waals surface area contributed by atoms with Crippen LogP contribution in [0.25, 0.3) is 0 Å². The lowest BCUT2D eigenvalue weighted by molar-refractivity contribution is 0.459. The molecular weight excluding hydrogens is 356 g/mol. The van der Waals surface area contributed by atoms with E-state index in [2.05, 4.69) is 51.5 Å². The molecule has 0 aromatic carbocycles. The molecule has 3 rings (SSSR count). The van der Waals surface area contributed by atoms with Crippen molar-refractivity contribution >= 4 is 23.1 Å². The van der Waals surface area contributed by atoms with Crippen LogP contribution in [0.5, 0.6) is 0 Å². The maximum absolute atomic E-state index is 4.73. The highest BCUT2D eigenvalue weighted by atomic mass is 32.1. The first kappa shape index (κ1) is 19.6. The van der Waals surface area contributed by atoms with E-state index >= 15 is 0 Å². The molecule has 146 valence electrons. The summed E-state index contributed by atoms with van der Waals surface area (Å²) in [7, 11) is 0. The molecule has 0 bridgehead atoms. The number of guanidine groups is 1. The number of aliphatic imine (C=N–C) groups is 1. The second kappa shape index (κ2) is 9.69. The number of anilines is 1. The Bertz CT molecular complexity index is 748. The van der Waals surface area contributed by atoms with Gasteiger partial charge in [0.25, 0.3) is 0 Å². The Labute approximate surface area is 166 Å². The molecule has 0 radical (unpaired) electrons. The average molecular weight is 387 g/mol. The fraction of sp³-hybridized carbons (Fsp3) is 0.550. The predicted molar refractivity (Wildman–Crippen MR) is 114 cm³/mol. The molecule has 1 fully saturated rings. The van der Waals surface area contributed by atoms with Gasteiger partial charge in [-0.25, -0.2) is 15.0 Å². The van der Waals surface area contributed by atoms with Gasteiger partial charge in [0.15, 0.2) is 5.96 Å². The summed E-state index contributed by atoms with van der Waals surface area (Å²) in [4.78, 5) is 17.5. The third-order valence-corrected chi connectivity index (χ3v) is 5.83. The van der Waals surface area contributed by atoms with E-state index in [-0.39, 0.29) is 0 Å². The molecule has 6 nitrogen and oxygen atoms in total. The summed E-state index contributed by atoms with van der Waals surface area (Å²) in [6, 6.07) is 6.67. The Hall–Kier alpha value is -2.15. The van der Waals surface area contributed by atoms with Crippen LogP contribution < -0.4 is 15.5 Å². The fourth-order valence-electron chi connectivity index (χ4n) is 3.20. The maximum atomic E-state index is 4.73. The standard InChI is InChI=1S/C20H30N6S/c1-4-17-13-22-19(27-17)14-23-20(21-5-2)25-16-9-11-26(12-10-16)18-8-6-7-15(3)24-18/h6-8,13,16H,4-5,9-12,14H2,1-3H3,(H2,21,23,25). The van der Waals surface area contributed by atoms with Gasteiger partial charge >= 0.3 is 0 Å². The Balaban J connectivity index is 1.53. The topological polar surface area (TPSA) is 65.4 Å². The smallest absolute Gasteiger partial charge is 0.191 e. The molecule has 1 aliphatic heterocycles. The predicted octanol–water partition coefficient (Wildman–Crippen LogP) is 3.13. The van der Waals surface area contributed by atoms with E-state index in [9.17, 15) is 0 Å². The lowest BCUT2D eigenvalue weighted by Crippen LogP contribution is -2.48. The number of hydrogen-bond acceptors (Lipinski definition) is 5. The monoisotopic (exact) mass is 386 g/mol. The Kier molecular flexibility index (Phi) is 7.04. The number of rotatable bonds is 6. The molecule has 0 amide bonds. The molecule has 1 aliphatic rings. The summed E-state index contributed by atoms with van der Waals surface area (Å²) in [6.45, 7) is 9.82. The van der Waals surface area contributed by atoms with E-state index < -0.39 is 0 Å². The van der Waals surface area contributed by atoms with Crippen LogP contribution in [-0.4, -0.2) is 41.6 Å². The summed E-state index contributed by atoms with van der Waals surface area (Å²) >= 11 is 1.75. The number of aromatic nitrogens is 2. The summed E-state index contributed by atoms with van der Waals surface area (Å²) in [6.07, 6.45) is 5.16. The highest BCUT2D eigenvalue weighted by Gasteiger charge is 2.21. The van der Waals surface area contributed by atoms with Gasteiger partial charge in [-0.3, -0.25) is 0 Å². The summed E-state index contributed by atoms with van der Waals surface area (Å²) in [5.41, 5.74) is 1.07. The van der Waals surface area contributed by atoms with E-state index in [0.717, 1.165) is 61.4 Å². The number of aryl methyl sites for hydroxylation is 2. The van der Waals surface area contributed by atoms with Crippen molar-refractivity contribution in [1.29, 1.82) is 0 Å². The van der Waals surface area contributed by atoms with Gasteiger partial charge in [0, 0.05) is 42.4 Å². The molecule has 0 atom stereocenters. The van der Waals surface area contributed by atoms with Gasteiger partial charge in [-0.15, -0.1) is 11.3 Å². The zero-order valence-corrected chi connectivity index (χ0v) is 17.4. The van der Waals surface area contributed by atoms with Gasteiger partial charge in [-0.05, 0) is 45.2 Å². The molecule has 7 heteroatoms. The number of piperidine rings is 1. The van der Waals surface area contributed by atoms with Crippen LogP contribution in [-0.2, 0) is 13.0 Å². The van der Waals surface area contributed by atoms with E-state index in [1.165, 1.54) is 4.88 Å². The first-order valence-corrected chi connectivity index (χ1v) is 10.7. The Morgan fingerprint density at radius 2 is 2.11 bits per heavy atom. The third-order valence-electron chi connectivity index (χ3n) is 4.70. The van der Waals surface area contributed by atoms with E-state index in [0.29, 0.717) is 12.6 Å². The van der Waals surface area contributed by atoms with Crippen LogP contribution >= 0.6 is 11.3 Å². The highest BCUT2D eigenvalue weighted by molar-refractivity contribution is 7.11. The van der Waals surface area contributed by atoms with E-state index in [1.807, 2.05) is 19.2 Å². The van der Waals surface area contributed by atoms with Gasteiger partial charge in [0.05, 0.1) is 6.54 Å². The van der Waals surface area contributed by atoms with Crippen LogP contribution in [0.15, 0.2) is 29.4 Å². The van der Waals surface area contributed by atoms with Gasteiger partial charge < -0.3 is 15.5 Å². The van der Waals surface area contributed by atoms with Crippen molar-refractivity contribution in [1.82, 2.24) is 20.6 Å². The number of thiazole rings is 1. The van der Waals surface area contributed by atoms with Crippen molar-refractivity contribution in [3.8, 4) is 0 Å². The SMILES string of the molecule is CCNC(=NCc1ncc(CC)s1)NC1CCN(c2cccc(C)n2)CC1. The number of nitrogens with zero attached hydrogens (tertiary/aromatic N) is 4. The first-order valence-electron chi connectivity index (χ1n) is 9.85. The highest BCUT2D eigenvalue weighted by Crippen LogP contribution is 2.18. The van der Waals surface area contributed by atoms with E-state index in [4.69, 9.17) is 4.99 Å². The van der Waals surface area contributed by atoms with E-state index in [1.54, 1.807) is 11.3 Å². The van der Waals surface area contributed by atoms with Crippen molar-refractivity contribution in [2.45, 2.75) is 52.6 Å². The third kappa shape index (κ3) is 5.66. The van der Waals surface area contributed by atoms with Crippen LogP contribution in [0.3, 0.4) is 0 Å². The van der Waals surface area contributed by atoms with Crippen molar-refractivity contribution in [3.63, 3.8) is 0 Å². The molecule has 3 heterocycles. The molecule has 2 aromatic heterocycles. The molecule has 1 saturated heterocycles. The molecule has 0 unspecified atom stereocenters. The average Bonchev–Trinajstić information content (AvgIpc) is 3.15. The quantitative estimate of drug-likeness (QED) is 0.590. The van der Waals surface area contributed by atoms with Gasteiger partial charge in [0.2, 0.25) is 0 Å². The first-order chi connectivity index (χ1) is 13.2. The molecule has 0 aliphatic carbocycles. The molecule has 0 spiro atoms. The molecule has 0 saturated carbocycles. The fourth-order valence-corrected chi connectivity index (χ4v) is 3.99. The zero-order valence-electron chi connectivity index (χ0n) is 16.5. The van der Waals surface area contributed by atoms with Crippen LogP contribution in [0.4, 0.5) is 5.82 Å². The van der Waals surface area contributed by atoms with Gasteiger partial charge in [-0.1, -0.05) is 13.0 Å². The minimum absolute atomic E-state index is 0.436. The molecule has 27 heavy (non-hydrogen) atoms. The Morgan fingerprint density at radius 1 is 1.30 bits per heavy atom. The molecule has 2 aromatic rings. The largest absolute Gasteiger partial charge is 0.357 e. The maximum Gasteiger partial charge on any atom is 0.191 e. The zero-order chi connectivity index (χ0) is 19.1. The summed E-state index contributed by atoms with van der Waals surface area (Å²) in [5.74, 6) is 1.97. The minimum Gasteiger partial charge on any atom is -0.357 e. The summed E-state index contributed by atoms with van der Waals surface area (Å²) in [5, 5.41) is 8.03. The van der Waals surface area contributed by atoms with Gasteiger partial charge in [0.1, 0.15) is 10.8 Å². The molecular formula is C20H30N6S. The van der Waals surface area contributed by atoms with Crippen molar-refractivity contribution < 1.29 is 0 Å². The van der Waals surface area contributed by atoms with Crippen molar-refractivity contribution in [2.24, 2.45) is 4.99 Å². The number of hydrogen-bond donors (Lipinski definition) is 2. The number of pyridine rings is 1. The van der Waals surface area contributed by atoms with Gasteiger partial charge in [-0.2, -0.15) is 0 Å². The summed E-state index contributed by atoms with van der Waals surface area (Å²) < 4.78 is 0. The minimum atomic E-state index is 0.436. The lowest BCUT2D eigenvalue weighted by atomic mass is 10.1. The van der Waals surface area contributed by atoms with Crippen LogP contribution in [0, 0.1) is 6.92 Å². The Morgan fingerprint density at radius 3 is 2.78 bits per heavy atom. The lowest BCUT2D eigenvalue weighted by Gasteiger charge is -2.34. The molecule has 2 N–H and O–H groups in total. The second-order valence-corrected chi connectivity index (χ2v) is 8.01. The van der Waals surface area contributed by atoms with Crippen molar-refractivity contribution in [2.75, 3.05) is 24.5 Å². The van der Waals surface area contributed by atoms with Crippen LogP contribution in [0.2, 0.25) is 0 Å². The van der Waals surface area contributed by atoms with Crippen molar-refractivity contribution in [3.05, 3.63) is 40.0 Å². The second-order valence-electron chi connectivity index (χ2n) is 6.81. The van der Waals surface area contributed by atoms with Crippen LogP contribution in [0.1, 0.15) is 42.3 Å². The normalized spacial score (nSPS) is 15.8. The number of nitrogens with one attached hydrogen (secondary N) is 2.